The average molecular weight is 234 g/mol. The summed E-state index contributed by atoms with van der Waals surface area (Å²) in [6.07, 6.45) is 0. The lowest BCUT2D eigenvalue weighted by Crippen LogP contribution is -2.43. The lowest BCUT2D eigenvalue weighted by molar-refractivity contribution is 0.101. The molecule has 17 heavy (non-hydrogen) atoms. The highest BCUT2D eigenvalue weighted by molar-refractivity contribution is 5.97. The van der Waals surface area contributed by atoms with Gasteiger partial charge < -0.3 is 15.0 Å². The van der Waals surface area contributed by atoms with E-state index in [-0.39, 0.29) is 5.78 Å². The van der Waals surface area contributed by atoms with Crippen LogP contribution in [0.1, 0.15) is 17.3 Å². The van der Waals surface area contributed by atoms with Crippen LogP contribution in [0.4, 0.5) is 5.69 Å². The zero-order valence-electron chi connectivity index (χ0n) is 10.3. The second-order valence-electron chi connectivity index (χ2n) is 4.18. The smallest absolute Gasteiger partial charge is 0.163 e. The van der Waals surface area contributed by atoms with Crippen LogP contribution in [0.15, 0.2) is 18.2 Å². The van der Waals surface area contributed by atoms with E-state index in [1.807, 2.05) is 18.2 Å². The van der Waals surface area contributed by atoms with Gasteiger partial charge >= 0.3 is 0 Å². The third-order valence-electron chi connectivity index (χ3n) is 3.05. The first-order valence-electron chi connectivity index (χ1n) is 5.87. The second-order valence-corrected chi connectivity index (χ2v) is 4.18. The molecule has 1 N–H and O–H groups in total. The molecule has 4 heteroatoms. The van der Waals surface area contributed by atoms with Crippen molar-refractivity contribution in [3.63, 3.8) is 0 Å². The summed E-state index contributed by atoms with van der Waals surface area (Å²) in [6, 6.07) is 5.78. The molecule has 0 atom stereocenters. The largest absolute Gasteiger partial charge is 0.496 e. The lowest BCUT2D eigenvalue weighted by Gasteiger charge is -2.29. The van der Waals surface area contributed by atoms with Crippen molar-refractivity contribution in [1.82, 2.24) is 5.32 Å². The number of Topliss-reactive ketones (excluding diaryl/α,β-unsaturated/α-hetero) is 1. The number of hydrogen-bond donors (Lipinski definition) is 1. The van der Waals surface area contributed by atoms with E-state index in [1.54, 1.807) is 14.0 Å². The minimum atomic E-state index is 0.0358. The summed E-state index contributed by atoms with van der Waals surface area (Å²) in [5, 5.41) is 3.32. The van der Waals surface area contributed by atoms with Gasteiger partial charge in [0.25, 0.3) is 0 Å². The van der Waals surface area contributed by atoms with Gasteiger partial charge in [0.2, 0.25) is 0 Å². The molecule has 2 rings (SSSR count). The highest BCUT2D eigenvalue weighted by Gasteiger charge is 2.14. The molecule has 0 aromatic heterocycles. The van der Waals surface area contributed by atoms with E-state index in [0.717, 1.165) is 31.9 Å². The third kappa shape index (κ3) is 2.58. The minimum Gasteiger partial charge on any atom is -0.496 e. The van der Waals surface area contributed by atoms with Crippen molar-refractivity contribution >= 4 is 11.5 Å². The molecule has 1 aromatic carbocycles. The molecule has 92 valence electrons. The number of nitrogens with zero attached hydrogens (tertiary/aromatic N) is 1. The number of hydrogen-bond acceptors (Lipinski definition) is 4. The molecule has 1 aromatic rings. The van der Waals surface area contributed by atoms with Crippen LogP contribution in [0.2, 0.25) is 0 Å². The van der Waals surface area contributed by atoms with Crippen LogP contribution in [-0.4, -0.2) is 39.1 Å². The summed E-state index contributed by atoms with van der Waals surface area (Å²) in [4.78, 5) is 13.7. The Kier molecular flexibility index (Phi) is 3.64. The van der Waals surface area contributed by atoms with Gasteiger partial charge in [-0.2, -0.15) is 0 Å². The van der Waals surface area contributed by atoms with Gasteiger partial charge in [0.1, 0.15) is 5.75 Å². The number of carbonyl (C=O) groups is 1. The van der Waals surface area contributed by atoms with Gasteiger partial charge in [-0.15, -0.1) is 0 Å². The SMILES string of the molecule is COc1cc(N2CCNCC2)ccc1C(C)=O. The summed E-state index contributed by atoms with van der Waals surface area (Å²) in [5.74, 6) is 0.697. The topological polar surface area (TPSA) is 41.6 Å². The molecule has 0 amide bonds. The molecule has 1 aliphatic heterocycles. The van der Waals surface area contributed by atoms with E-state index in [1.165, 1.54) is 0 Å². The monoisotopic (exact) mass is 234 g/mol. The van der Waals surface area contributed by atoms with Crippen molar-refractivity contribution in [3.05, 3.63) is 23.8 Å². The van der Waals surface area contributed by atoms with E-state index in [4.69, 9.17) is 4.74 Å². The van der Waals surface area contributed by atoms with Crippen molar-refractivity contribution in [3.8, 4) is 5.75 Å². The second kappa shape index (κ2) is 5.19. The molecule has 0 spiro atoms. The van der Waals surface area contributed by atoms with Crippen LogP contribution in [-0.2, 0) is 0 Å². The molecule has 0 saturated carbocycles. The number of methoxy groups -OCH3 is 1. The Morgan fingerprint density at radius 2 is 2.06 bits per heavy atom. The maximum Gasteiger partial charge on any atom is 0.163 e. The maximum atomic E-state index is 11.4. The molecule has 0 unspecified atom stereocenters. The van der Waals surface area contributed by atoms with Crippen LogP contribution in [0.25, 0.3) is 0 Å². The zero-order chi connectivity index (χ0) is 12.3. The fourth-order valence-electron chi connectivity index (χ4n) is 2.09. The molecule has 1 aliphatic rings. The number of ether oxygens (including phenoxy) is 1. The quantitative estimate of drug-likeness (QED) is 0.801. The maximum absolute atomic E-state index is 11.4. The fraction of sp³-hybridized carbons (Fsp3) is 0.462. The van der Waals surface area contributed by atoms with Crippen molar-refractivity contribution in [1.29, 1.82) is 0 Å². The molecular weight excluding hydrogens is 216 g/mol. The van der Waals surface area contributed by atoms with Crippen molar-refractivity contribution in [2.24, 2.45) is 0 Å². The van der Waals surface area contributed by atoms with E-state index in [9.17, 15) is 4.79 Å². The van der Waals surface area contributed by atoms with Gasteiger partial charge in [-0.3, -0.25) is 4.79 Å². The van der Waals surface area contributed by atoms with Gasteiger partial charge in [-0.25, -0.2) is 0 Å². The van der Waals surface area contributed by atoms with Crippen molar-refractivity contribution in [2.75, 3.05) is 38.2 Å². The van der Waals surface area contributed by atoms with E-state index >= 15 is 0 Å². The summed E-state index contributed by atoms with van der Waals surface area (Å²) >= 11 is 0. The Bertz CT molecular complexity index is 412. The Morgan fingerprint density at radius 3 is 2.65 bits per heavy atom. The van der Waals surface area contributed by atoms with Gasteiger partial charge in [0.15, 0.2) is 5.78 Å². The molecule has 1 saturated heterocycles. The number of carbonyl (C=O) groups excluding carboxylic acids is 1. The number of ketones is 1. The van der Waals surface area contributed by atoms with Crippen LogP contribution in [0.5, 0.6) is 5.75 Å². The zero-order valence-corrected chi connectivity index (χ0v) is 10.3. The summed E-state index contributed by atoms with van der Waals surface area (Å²) in [6.45, 7) is 5.53. The molecule has 1 fully saturated rings. The molecule has 1 heterocycles. The number of benzene rings is 1. The number of piperazine rings is 1. The summed E-state index contributed by atoms with van der Waals surface area (Å²) in [5.41, 5.74) is 1.76. The highest BCUT2D eigenvalue weighted by Crippen LogP contribution is 2.26. The van der Waals surface area contributed by atoms with Gasteiger partial charge in [-0.1, -0.05) is 0 Å². The van der Waals surface area contributed by atoms with E-state index in [2.05, 4.69) is 10.2 Å². The van der Waals surface area contributed by atoms with Gasteiger partial charge in [-0.05, 0) is 19.1 Å². The molecular formula is C13H18N2O2. The van der Waals surface area contributed by atoms with Crippen LogP contribution < -0.4 is 15.0 Å². The first kappa shape index (κ1) is 11.9. The molecule has 0 aliphatic carbocycles. The van der Waals surface area contributed by atoms with Crippen LogP contribution in [0.3, 0.4) is 0 Å². The van der Waals surface area contributed by atoms with Gasteiger partial charge in [0.05, 0.1) is 12.7 Å². The first-order chi connectivity index (χ1) is 8.22. The fourth-order valence-corrected chi connectivity index (χ4v) is 2.09. The Hall–Kier alpha value is -1.55. The van der Waals surface area contributed by atoms with Crippen LogP contribution >= 0.6 is 0 Å². The van der Waals surface area contributed by atoms with Crippen LogP contribution in [0, 0.1) is 0 Å². The van der Waals surface area contributed by atoms with Crippen molar-refractivity contribution in [2.45, 2.75) is 6.92 Å². The molecule has 0 bridgehead atoms. The third-order valence-corrected chi connectivity index (χ3v) is 3.05. The Balaban J connectivity index is 2.27. The lowest BCUT2D eigenvalue weighted by atomic mass is 10.1. The Labute approximate surface area is 102 Å². The minimum absolute atomic E-state index is 0.0358. The Morgan fingerprint density at radius 1 is 1.35 bits per heavy atom. The average Bonchev–Trinajstić information content (AvgIpc) is 2.39. The summed E-state index contributed by atoms with van der Waals surface area (Å²) < 4.78 is 5.27. The molecule has 4 nitrogen and oxygen atoms in total. The van der Waals surface area contributed by atoms with Crippen molar-refractivity contribution < 1.29 is 9.53 Å². The van der Waals surface area contributed by atoms with E-state index in [0.29, 0.717) is 11.3 Å². The number of rotatable bonds is 3. The predicted molar refractivity (Wildman–Crippen MR) is 68.1 cm³/mol. The highest BCUT2D eigenvalue weighted by atomic mass is 16.5. The normalized spacial score (nSPS) is 15.8. The predicted octanol–water partition coefficient (Wildman–Crippen LogP) is 1.31. The number of anilines is 1. The summed E-state index contributed by atoms with van der Waals surface area (Å²) in [7, 11) is 1.60. The first-order valence-corrected chi connectivity index (χ1v) is 5.87. The van der Waals surface area contributed by atoms with E-state index < -0.39 is 0 Å². The standard InChI is InChI=1S/C13H18N2O2/c1-10(16)12-4-3-11(9-13(12)17-2)15-7-5-14-6-8-15/h3-4,9,14H,5-8H2,1-2H3. The van der Waals surface area contributed by atoms with Gasteiger partial charge in [0, 0.05) is 37.9 Å². The molecule has 0 radical (unpaired) electrons. The number of nitrogens with one attached hydrogen (secondary N) is 1.